The summed E-state index contributed by atoms with van der Waals surface area (Å²) in [5.41, 5.74) is 0.963. The van der Waals surface area contributed by atoms with Gasteiger partial charge >= 0.3 is 12.1 Å². The lowest BCUT2D eigenvalue weighted by molar-refractivity contribution is -0.138. The zero-order chi connectivity index (χ0) is 16.7. The molecule has 1 fully saturated rings. The van der Waals surface area contributed by atoms with Gasteiger partial charge in [-0.15, -0.1) is 0 Å². The molecule has 1 atom stereocenters. The van der Waals surface area contributed by atoms with Crippen LogP contribution in [0.2, 0.25) is 0 Å². The van der Waals surface area contributed by atoms with E-state index >= 15 is 0 Å². The van der Waals surface area contributed by atoms with Gasteiger partial charge in [0, 0.05) is 19.6 Å². The topological polar surface area (TPSA) is 70.1 Å². The number of aliphatic carboxylic acids is 1. The van der Waals surface area contributed by atoms with Gasteiger partial charge < -0.3 is 14.7 Å². The van der Waals surface area contributed by atoms with Crippen molar-refractivity contribution in [1.82, 2.24) is 9.80 Å². The Morgan fingerprint density at radius 1 is 1.35 bits per heavy atom. The predicted octanol–water partition coefficient (Wildman–Crippen LogP) is 2.05. The fourth-order valence-electron chi connectivity index (χ4n) is 2.85. The summed E-state index contributed by atoms with van der Waals surface area (Å²) in [7, 11) is 0. The molecule has 1 aliphatic rings. The van der Waals surface area contributed by atoms with Gasteiger partial charge in [-0.1, -0.05) is 30.3 Å². The van der Waals surface area contributed by atoms with Crippen molar-refractivity contribution in [1.29, 1.82) is 0 Å². The van der Waals surface area contributed by atoms with Crippen LogP contribution in [0.5, 0.6) is 0 Å². The van der Waals surface area contributed by atoms with E-state index in [2.05, 4.69) is 0 Å². The van der Waals surface area contributed by atoms with Crippen LogP contribution >= 0.6 is 0 Å². The van der Waals surface area contributed by atoms with Crippen LogP contribution in [0.15, 0.2) is 30.3 Å². The molecule has 0 aromatic heterocycles. The van der Waals surface area contributed by atoms with Gasteiger partial charge in [0.2, 0.25) is 0 Å². The van der Waals surface area contributed by atoms with Crippen molar-refractivity contribution in [2.45, 2.75) is 20.0 Å². The second-order valence-electron chi connectivity index (χ2n) is 5.86. The lowest BCUT2D eigenvalue weighted by Crippen LogP contribution is -2.37. The number of hydrogen-bond acceptors (Lipinski definition) is 4. The molecule has 1 saturated heterocycles. The van der Waals surface area contributed by atoms with Crippen LogP contribution in [0, 0.1) is 5.92 Å². The summed E-state index contributed by atoms with van der Waals surface area (Å²) in [6.45, 7) is 4.95. The van der Waals surface area contributed by atoms with Gasteiger partial charge in [-0.2, -0.15) is 0 Å². The third-order valence-electron chi connectivity index (χ3n) is 4.05. The minimum absolute atomic E-state index is 0.0705. The molecule has 0 bridgehead atoms. The third-order valence-corrected chi connectivity index (χ3v) is 4.05. The van der Waals surface area contributed by atoms with Crippen molar-refractivity contribution in [3.05, 3.63) is 35.9 Å². The summed E-state index contributed by atoms with van der Waals surface area (Å²) in [4.78, 5) is 26.5. The van der Waals surface area contributed by atoms with Crippen molar-refractivity contribution < 1.29 is 19.4 Å². The fraction of sp³-hybridized carbons (Fsp3) is 0.529. The summed E-state index contributed by atoms with van der Waals surface area (Å²) in [5, 5.41) is 8.83. The molecular weight excluding hydrogens is 296 g/mol. The van der Waals surface area contributed by atoms with Crippen LogP contribution in [-0.4, -0.2) is 59.7 Å². The van der Waals surface area contributed by atoms with Gasteiger partial charge in [-0.25, -0.2) is 4.79 Å². The molecule has 126 valence electrons. The second-order valence-corrected chi connectivity index (χ2v) is 5.86. The molecule has 0 unspecified atom stereocenters. The van der Waals surface area contributed by atoms with Crippen LogP contribution in [0.3, 0.4) is 0 Å². The first-order valence-corrected chi connectivity index (χ1v) is 7.98. The number of hydrogen-bond donors (Lipinski definition) is 1. The Balaban J connectivity index is 1.78. The summed E-state index contributed by atoms with van der Waals surface area (Å²) < 4.78 is 5.36. The summed E-state index contributed by atoms with van der Waals surface area (Å²) in [5.74, 6) is -0.501. The average Bonchev–Trinajstić information content (AvgIpc) is 2.97. The largest absolute Gasteiger partial charge is 0.480 e. The molecule has 1 aromatic rings. The first-order chi connectivity index (χ1) is 11.1. The highest BCUT2D eigenvalue weighted by molar-refractivity contribution is 5.69. The van der Waals surface area contributed by atoms with Gasteiger partial charge in [0.25, 0.3) is 0 Å². The van der Waals surface area contributed by atoms with Gasteiger partial charge in [0.1, 0.15) is 6.61 Å². The predicted molar refractivity (Wildman–Crippen MR) is 86.1 cm³/mol. The molecular formula is C17H24N2O4. The van der Waals surface area contributed by atoms with Gasteiger partial charge in [0.05, 0.1) is 6.54 Å². The van der Waals surface area contributed by atoms with Crippen molar-refractivity contribution in [2.75, 3.05) is 32.7 Å². The number of nitrogens with zero attached hydrogens (tertiary/aromatic N) is 2. The fourth-order valence-corrected chi connectivity index (χ4v) is 2.85. The smallest absolute Gasteiger partial charge is 0.410 e. The highest BCUT2D eigenvalue weighted by Crippen LogP contribution is 2.17. The van der Waals surface area contributed by atoms with E-state index in [1.807, 2.05) is 42.2 Å². The second kappa shape index (κ2) is 8.53. The van der Waals surface area contributed by atoms with Gasteiger partial charge in [-0.05, 0) is 31.4 Å². The molecule has 1 aromatic carbocycles. The van der Waals surface area contributed by atoms with E-state index in [0.717, 1.165) is 25.1 Å². The minimum atomic E-state index is -0.805. The number of carbonyl (C=O) groups excluding carboxylic acids is 1. The maximum Gasteiger partial charge on any atom is 0.410 e. The zero-order valence-electron chi connectivity index (χ0n) is 13.5. The van der Waals surface area contributed by atoms with Crippen LogP contribution in [-0.2, 0) is 16.1 Å². The Hall–Kier alpha value is -2.08. The molecule has 1 aliphatic heterocycles. The Labute approximate surface area is 136 Å². The Morgan fingerprint density at radius 3 is 2.74 bits per heavy atom. The molecule has 6 nitrogen and oxygen atoms in total. The highest BCUT2D eigenvalue weighted by Gasteiger charge is 2.27. The SMILES string of the molecule is CCN(C[C@@H]1CCN(CC(=O)O)C1)C(=O)OCc1ccccc1. The highest BCUT2D eigenvalue weighted by atomic mass is 16.6. The molecule has 23 heavy (non-hydrogen) atoms. The molecule has 2 rings (SSSR count). The Bertz CT molecular complexity index is 521. The summed E-state index contributed by atoms with van der Waals surface area (Å²) >= 11 is 0. The Kier molecular flexibility index (Phi) is 6.40. The van der Waals surface area contributed by atoms with E-state index in [1.54, 1.807) is 4.90 Å². The first kappa shape index (κ1) is 17.3. The molecule has 1 amide bonds. The lowest BCUT2D eigenvalue weighted by Gasteiger charge is -2.24. The number of rotatable bonds is 7. The number of carboxylic acid groups (broad SMARTS) is 1. The molecule has 0 saturated carbocycles. The van der Waals surface area contributed by atoms with E-state index < -0.39 is 5.97 Å². The van der Waals surface area contributed by atoms with Crippen molar-refractivity contribution in [2.24, 2.45) is 5.92 Å². The quantitative estimate of drug-likeness (QED) is 0.832. The minimum Gasteiger partial charge on any atom is -0.480 e. The normalized spacial score (nSPS) is 17.9. The van der Waals surface area contributed by atoms with Crippen LogP contribution in [0.25, 0.3) is 0 Å². The molecule has 1 N–H and O–H groups in total. The first-order valence-electron chi connectivity index (χ1n) is 7.98. The third kappa shape index (κ3) is 5.56. The van der Waals surface area contributed by atoms with Crippen LogP contribution in [0.4, 0.5) is 4.79 Å². The van der Waals surface area contributed by atoms with E-state index in [0.29, 0.717) is 19.0 Å². The van der Waals surface area contributed by atoms with Gasteiger partial charge in [-0.3, -0.25) is 9.69 Å². The number of amides is 1. The summed E-state index contributed by atoms with van der Waals surface area (Å²) in [6.07, 6.45) is 0.600. The molecule has 0 radical (unpaired) electrons. The number of carboxylic acids is 1. The average molecular weight is 320 g/mol. The molecule has 0 aliphatic carbocycles. The monoisotopic (exact) mass is 320 g/mol. The maximum absolute atomic E-state index is 12.2. The van der Waals surface area contributed by atoms with Gasteiger partial charge in [0.15, 0.2) is 0 Å². The van der Waals surface area contributed by atoms with E-state index in [-0.39, 0.29) is 19.2 Å². The Morgan fingerprint density at radius 2 is 2.09 bits per heavy atom. The zero-order valence-corrected chi connectivity index (χ0v) is 13.5. The number of ether oxygens (including phenoxy) is 1. The van der Waals surface area contributed by atoms with Crippen molar-refractivity contribution in [3.63, 3.8) is 0 Å². The number of likely N-dealkylation sites (tertiary alicyclic amines) is 1. The van der Waals surface area contributed by atoms with Crippen molar-refractivity contribution in [3.8, 4) is 0 Å². The van der Waals surface area contributed by atoms with E-state index in [4.69, 9.17) is 9.84 Å². The molecule has 6 heteroatoms. The molecule has 1 heterocycles. The molecule has 0 spiro atoms. The lowest BCUT2D eigenvalue weighted by atomic mass is 10.1. The summed E-state index contributed by atoms with van der Waals surface area (Å²) in [6, 6.07) is 9.59. The number of benzene rings is 1. The van der Waals surface area contributed by atoms with E-state index in [1.165, 1.54) is 0 Å². The number of carbonyl (C=O) groups is 2. The van der Waals surface area contributed by atoms with Crippen LogP contribution < -0.4 is 0 Å². The van der Waals surface area contributed by atoms with E-state index in [9.17, 15) is 9.59 Å². The van der Waals surface area contributed by atoms with Crippen molar-refractivity contribution >= 4 is 12.1 Å². The maximum atomic E-state index is 12.2. The van der Waals surface area contributed by atoms with Crippen LogP contribution in [0.1, 0.15) is 18.9 Å². The standard InChI is InChI=1S/C17H24N2O4/c1-2-19(11-15-8-9-18(10-15)12-16(20)21)17(22)23-13-14-6-4-3-5-7-14/h3-7,15H,2,8-13H2,1H3,(H,20,21)/t15-/m1/s1.